The van der Waals surface area contributed by atoms with E-state index in [0.717, 1.165) is 18.5 Å². The number of fused-ring (bicyclic) bond motifs is 1. The first-order valence-electron chi connectivity index (χ1n) is 5.70. The lowest BCUT2D eigenvalue weighted by atomic mass is 9.98. The van der Waals surface area contributed by atoms with Crippen LogP contribution in [0, 0.1) is 5.82 Å². The number of H-pyrrole nitrogens is 1. The van der Waals surface area contributed by atoms with Crippen molar-refractivity contribution in [2.24, 2.45) is 0 Å². The Morgan fingerprint density at radius 2 is 2.31 bits per heavy atom. The van der Waals surface area contributed by atoms with Crippen LogP contribution >= 0.6 is 0 Å². The fourth-order valence-corrected chi connectivity index (χ4v) is 2.67. The van der Waals surface area contributed by atoms with E-state index >= 15 is 0 Å². The molecule has 0 amide bonds. The molecule has 0 radical (unpaired) electrons. The molecule has 0 spiro atoms. The molecular formula is C13H15FN2. The molecule has 1 fully saturated rings. The number of nitrogens with zero attached hydrogens (tertiary/aromatic N) is 1. The number of likely N-dealkylation sites (tertiary alicyclic amines) is 1. The number of para-hydroxylation sites is 1. The Balaban J connectivity index is 2.08. The number of likely N-dealkylation sites (N-methyl/N-ethyl adjacent to an activating group) is 1. The number of halogens is 1. The summed E-state index contributed by atoms with van der Waals surface area (Å²) in [5.41, 5.74) is 1.91. The van der Waals surface area contributed by atoms with Gasteiger partial charge in [-0.25, -0.2) is 4.39 Å². The minimum Gasteiger partial charge on any atom is -0.359 e. The molecule has 1 N–H and O–H groups in total. The van der Waals surface area contributed by atoms with Crippen molar-refractivity contribution in [1.29, 1.82) is 0 Å². The van der Waals surface area contributed by atoms with Gasteiger partial charge in [0.2, 0.25) is 0 Å². The van der Waals surface area contributed by atoms with Crippen LogP contribution in [0.5, 0.6) is 0 Å². The smallest absolute Gasteiger partial charge is 0.147 e. The fourth-order valence-electron chi connectivity index (χ4n) is 2.67. The zero-order chi connectivity index (χ0) is 11.1. The molecule has 1 aliphatic heterocycles. The summed E-state index contributed by atoms with van der Waals surface area (Å²) in [7, 11) is 2.13. The van der Waals surface area contributed by atoms with Gasteiger partial charge in [-0.2, -0.15) is 0 Å². The Hall–Kier alpha value is -1.35. The lowest BCUT2D eigenvalue weighted by molar-refractivity contribution is 0.412. The molecule has 16 heavy (non-hydrogen) atoms. The van der Waals surface area contributed by atoms with E-state index in [1.807, 2.05) is 12.3 Å². The van der Waals surface area contributed by atoms with Gasteiger partial charge in [0.1, 0.15) is 5.82 Å². The second kappa shape index (κ2) is 3.59. The van der Waals surface area contributed by atoms with E-state index in [1.165, 1.54) is 18.1 Å². The second-order valence-electron chi connectivity index (χ2n) is 4.65. The summed E-state index contributed by atoms with van der Waals surface area (Å²) in [5.74, 6) is 0.385. The minimum absolute atomic E-state index is 0.157. The summed E-state index contributed by atoms with van der Waals surface area (Å²) in [4.78, 5) is 5.38. The summed E-state index contributed by atoms with van der Waals surface area (Å²) < 4.78 is 13.5. The van der Waals surface area contributed by atoms with Gasteiger partial charge >= 0.3 is 0 Å². The van der Waals surface area contributed by atoms with Gasteiger partial charge in [-0.1, -0.05) is 12.1 Å². The van der Waals surface area contributed by atoms with Crippen molar-refractivity contribution in [3.05, 3.63) is 35.8 Å². The average molecular weight is 218 g/mol. The summed E-state index contributed by atoms with van der Waals surface area (Å²) in [6.07, 6.45) is 3.14. The molecule has 3 rings (SSSR count). The summed E-state index contributed by atoms with van der Waals surface area (Å²) in [5, 5.41) is 1.04. The summed E-state index contributed by atoms with van der Waals surface area (Å²) >= 11 is 0. The van der Waals surface area contributed by atoms with Crippen LogP contribution in [0.2, 0.25) is 0 Å². The number of nitrogens with one attached hydrogen (secondary N) is 1. The van der Waals surface area contributed by atoms with Crippen LogP contribution < -0.4 is 0 Å². The van der Waals surface area contributed by atoms with Crippen LogP contribution in [0.4, 0.5) is 4.39 Å². The molecule has 1 saturated heterocycles. The number of aromatic amines is 1. The number of hydrogen-bond donors (Lipinski definition) is 1. The van der Waals surface area contributed by atoms with Crippen molar-refractivity contribution in [3.63, 3.8) is 0 Å². The van der Waals surface area contributed by atoms with E-state index < -0.39 is 0 Å². The normalized spacial score (nSPS) is 22.0. The first kappa shape index (κ1) is 9.85. The van der Waals surface area contributed by atoms with Crippen molar-refractivity contribution in [3.8, 4) is 0 Å². The zero-order valence-electron chi connectivity index (χ0n) is 9.33. The van der Waals surface area contributed by atoms with Crippen LogP contribution in [0.25, 0.3) is 10.9 Å². The van der Waals surface area contributed by atoms with Crippen LogP contribution in [-0.4, -0.2) is 30.0 Å². The number of benzene rings is 1. The monoisotopic (exact) mass is 218 g/mol. The zero-order valence-corrected chi connectivity index (χ0v) is 9.33. The maximum atomic E-state index is 13.5. The van der Waals surface area contributed by atoms with Gasteiger partial charge in [-0.05, 0) is 37.6 Å². The van der Waals surface area contributed by atoms with Gasteiger partial charge in [0, 0.05) is 18.1 Å². The highest BCUT2D eigenvalue weighted by Gasteiger charge is 2.23. The van der Waals surface area contributed by atoms with Gasteiger partial charge in [-0.3, -0.25) is 0 Å². The van der Waals surface area contributed by atoms with Crippen LogP contribution in [0.3, 0.4) is 0 Å². The van der Waals surface area contributed by atoms with Gasteiger partial charge in [0.25, 0.3) is 0 Å². The summed E-state index contributed by atoms with van der Waals surface area (Å²) in [6, 6.07) is 5.29. The standard InChI is InChI=1S/C13H15FN2/c1-16-6-5-9(8-16)11-7-15-13-10(11)3-2-4-12(13)14/h2-4,7,9,15H,5-6,8H2,1H3. The quantitative estimate of drug-likeness (QED) is 0.779. The highest BCUT2D eigenvalue weighted by molar-refractivity contribution is 5.84. The van der Waals surface area contributed by atoms with Crippen LogP contribution in [-0.2, 0) is 0 Å². The SMILES string of the molecule is CN1CCC(c2c[nH]c3c(F)cccc23)C1. The molecule has 0 bridgehead atoms. The highest BCUT2D eigenvalue weighted by atomic mass is 19.1. The van der Waals surface area contributed by atoms with Crippen LogP contribution in [0.15, 0.2) is 24.4 Å². The Bertz CT molecular complexity index is 518. The number of hydrogen-bond acceptors (Lipinski definition) is 1. The number of aromatic nitrogens is 1. The van der Waals surface area contributed by atoms with Crippen molar-refractivity contribution < 1.29 is 4.39 Å². The van der Waals surface area contributed by atoms with Gasteiger partial charge < -0.3 is 9.88 Å². The first-order chi connectivity index (χ1) is 7.75. The van der Waals surface area contributed by atoms with E-state index in [9.17, 15) is 4.39 Å². The third kappa shape index (κ3) is 1.43. The molecular weight excluding hydrogens is 203 g/mol. The second-order valence-corrected chi connectivity index (χ2v) is 4.65. The van der Waals surface area contributed by atoms with E-state index in [2.05, 4.69) is 16.9 Å². The number of rotatable bonds is 1. The average Bonchev–Trinajstić information content (AvgIpc) is 2.84. The van der Waals surface area contributed by atoms with Crippen molar-refractivity contribution in [2.45, 2.75) is 12.3 Å². The van der Waals surface area contributed by atoms with Crippen LogP contribution in [0.1, 0.15) is 17.9 Å². The highest BCUT2D eigenvalue weighted by Crippen LogP contribution is 2.32. The maximum Gasteiger partial charge on any atom is 0.147 e. The molecule has 2 nitrogen and oxygen atoms in total. The molecule has 84 valence electrons. The van der Waals surface area contributed by atoms with E-state index in [-0.39, 0.29) is 5.82 Å². The Labute approximate surface area is 94.1 Å². The van der Waals surface area contributed by atoms with E-state index in [1.54, 1.807) is 6.07 Å². The molecule has 3 heteroatoms. The Morgan fingerprint density at radius 3 is 3.06 bits per heavy atom. The van der Waals surface area contributed by atoms with Gasteiger partial charge in [0.05, 0.1) is 5.52 Å². The van der Waals surface area contributed by atoms with Gasteiger partial charge in [-0.15, -0.1) is 0 Å². The van der Waals surface area contributed by atoms with Gasteiger partial charge in [0.15, 0.2) is 0 Å². The van der Waals surface area contributed by atoms with E-state index in [4.69, 9.17) is 0 Å². The lowest BCUT2D eigenvalue weighted by Crippen LogP contribution is -2.13. The fraction of sp³-hybridized carbons (Fsp3) is 0.385. The maximum absolute atomic E-state index is 13.5. The molecule has 0 saturated carbocycles. The molecule has 1 aromatic carbocycles. The molecule has 0 aliphatic carbocycles. The predicted molar refractivity (Wildman–Crippen MR) is 63.1 cm³/mol. The largest absolute Gasteiger partial charge is 0.359 e. The minimum atomic E-state index is -0.157. The third-order valence-corrected chi connectivity index (χ3v) is 3.53. The molecule has 1 atom stereocenters. The molecule has 1 aromatic heterocycles. The summed E-state index contributed by atoms with van der Waals surface area (Å²) in [6.45, 7) is 2.20. The predicted octanol–water partition coefficient (Wildman–Crippen LogP) is 2.73. The third-order valence-electron chi connectivity index (χ3n) is 3.53. The molecule has 2 aromatic rings. The Kier molecular flexibility index (Phi) is 2.21. The van der Waals surface area contributed by atoms with Crippen molar-refractivity contribution >= 4 is 10.9 Å². The first-order valence-corrected chi connectivity index (χ1v) is 5.70. The van der Waals surface area contributed by atoms with Crippen molar-refractivity contribution in [2.75, 3.05) is 20.1 Å². The molecule has 1 unspecified atom stereocenters. The van der Waals surface area contributed by atoms with E-state index in [0.29, 0.717) is 11.4 Å². The molecule has 2 heterocycles. The lowest BCUT2D eigenvalue weighted by Gasteiger charge is -2.09. The Morgan fingerprint density at radius 1 is 1.44 bits per heavy atom. The van der Waals surface area contributed by atoms with Crippen molar-refractivity contribution in [1.82, 2.24) is 9.88 Å². The topological polar surface area (TPSA) is 19.0 Å². The molecule has 1 aliphatic rings.